The molecule has 0 saturated heterocycles. The number of rotatable bonds is 4. The van der Waals surface area contributed by atoms with Gasteiger partial charge in [0.15, 0.2) is 0 Å². The molecule has 2 aromatic rings. The number of benzene rings is 2. The Labute approximate surface area is 159 Å². The minimum atomic E-state index is -4.87. The fourth-order valence-corrected chi connectivity index (χ4v) is 3.32. The molecule has 2 rings (SSSR count). The van der Waals surface area contributed by atoms with Crippen LogP contribution in [0.5, 0.6) is 0 Å². The van der Waals surface area contributed by atoms with Crippen LogP contribution in [0.2, 0.25) is 0 Å². The molecule has 0 spiro atoms. The molecular formula is C13H11BF3KSe. The van der Waals surface area contributed by atoms with Crippen LogP contribution in [0.3, 0.4) is 0 Å². The summed E-state index contributed by atoms with van der Waals surface area (Å²) in [7, 11) is 0. The molecule has 0 unspecified atom stereocenters. The Hall–Kier alpha value is 0.451. The molecule has 0 N–H and O–H groups in total. The normalized spacial score (nSPS) is 10.9. The van der Waals surface area contributed by atoms with E-state index in [0.29, 0.717) is 0 Å². The Morgan fingerprint density at radius 1 is 0.842 bits per heavy atom. The minimum Gasteiger partial charge on any atom is 1.00 e. The second-order valence-corrected chi connectivity index (χ2v) is 6.12. The van der Waals surface area contributed by atoms with E-state index in [9.17, 15) is 12.9 Å². The van der Waals surface area contributed by atoms with Crippen molar-refractivity contribution in [1.82, 2.24) is 0 Å². The molecule has 94 valence electrons. The molecule has 0 aromatic heterocycles. The summed E-state index contributed by atoms with van der Waals surface area (Å²) in [6, 6.07) is 15.5. The Balaban J connectivity index is 0.00000180. The molecule has 0 aliphatic carbocycles. The molecule has 0 bridgehead atoms. The maximum absolute atomic E-state index is 12.4. The maximum Gasteiger partial charge on any atom is 1.00 e. The van der Waals surface area contributed by atoms with E-state index in [-0.39, 0.29) is 66.3 Å². The van der Waals surface area contributed by atoms with Crippen molar-refractivity contribution in [2.45, 2.75) is 5.32 Å². The smallest absolute Gasteiger partial charge is 1.00 e. The van der Waals surface area contributed by atoms with Crippen LogP contribution in [-0.2, 0) is 5.32 Å². The summed E-state index contributed by atoms with van der Waals surface area (Å²) >= 11 is 0.179. The van der Waals surface area contributed by atoms with Gasteiger partial charge in [0, 0.05) is 0 Å². The second kappa shape index (κ2) is 8.03. The molecular weight excluding hydrogens is 342 g/mol. The Morgan fingerprint density at radius 3 is 1.95 bits per heavy atom. The van der Waals surface area contributed by atoms with E-state index in [1.807, 2.05) is 30.3 Å². The van der Waals surface area contributed by atoms with E-state index in [1.165, 1.54) is 17.7 Å². The zero-order chi connectivity index (χ0) is 13.0. The van der Waals surface area contributed by atoms with Crippen LogP contribution in [0.15, 0.2) is 54.6 Å². The largest absolute Gasteiger partial charge is 1.00 e. The maximum atomic E-state index is 12.4. The van der Waals surface area contributed by atoms with Gasteiger partial charge in [0.05, 0.1) is 0 Å². The summed E-state index contributed by atoms with van der Waals surface area (Å²) in [6.07, 6.45) is 0. The molecule has 19 heavy (non-hydrogen) atoms. The van der Waals surface area contributed by atoms with E-state index in [0.717, 1.165) is 9.78 Å². The van der Waals surface area contributed by atoms with Crippen molar-refractivity contribution in [2.75, 3.05) is 0 Å². The number of halogens is 3. The van der Waals surface area contributed by atoms with Crippen LogP contribution in [0.1, 0.15) is 5.56 Å². The second-order valence-electron chi connectivity index (χ2n) is 3.92. The SMILES string of the molecule is F[B-](F)(F)c1ccc([Se]Cc2ccccc2)cc1.[K+]. The van der Waals surface area contributed by atoms with Gasteiger partial charge in [-0.15, -0.1) is 0 Å². The quantitative estimate of drug-likeness (QED) is 0.637. The molecule has 6 heteroatoms. The first kappa shape index (κ1) is 17.5. The van der Waals surface area contributed by atoms with Gasteiger partial charge in [-0.1, -0.05) is 0 Å². The molecule has 0 aliphatic rings. The Bertz CT molecular complexity index is 500. The predicted octanol–water partition coefficient (Wildman–Crippen LogP) is -0.725. The third-order valence-corrected chi connectivity index (χ3v) is 4.78. The van der Waals surface area contributed by atoms with Crippen molar-refractivity contribution < 1.29 is 64.3 Å². The fourth-order valence-electron chi connectivity index (χ4n) is 1.52. The molecule has 0 nitrogen and oxygen atoms in total. The monoisotopic (exact) mass is 354 g/mol. The standard InChI is InChI=1S/C13H11BF3Se.K/c15-14(16,17)12-6-8-13(9-7-12)18-10-11-4-2-1-3-5-11;/h1-9H,10H2;/q-1;+1. The van der Waals surface area contributed by atoms with Crippen molar-refractivity contribution in [1.29, 1.82) is 0 Å². The van der Waals surface area contributed by atoms with Crippen LogP contribution < -0.4 is 61.3 Å². The van der Waals surface area contributed by atoms with Gasteiger partial charge in [-0.25, -0.2) is 0 Å². The van der Waals surface area contributed by atoms with Crippen LogP contribution >= 0.6 is 0 Å². The first-order valence-corrected chi connectivity index (χ1v) is 7.59. The topological polar surface area (TPSA) is 0 Å². The van der Waals surface area contributed by atoms with E-state index < -0.39 is 12.4 Å². The average molecular weight is 353 g/mol. The first-order chi connectivity index (χ1) is 8.55. The summed E-state index contributed by atoms with van der Waals surface area (Å²) in [5.41, 5.74) is 0.705. The van der Waals surface area contributed by atoms with Gasteiger partial charge in [0.1, 0.15) is 0 Å². The third-order valence-electron chi connectivity index (χ3n) is 2.51. The summed E-state index contributed by atoms with van der Waals surface area (Å²) in [5, 5.41) is 0.907. The van der Waals surface area contributed by atoms with Crippen molar-refractivity contribution >= 4 is 31.9 Å². The summed E-state index contributed by atoms with van der Waals surface area (Å²) < 4.78 is 38.3. The molecule has 0 amide bonds. The van der Waals surface area contributed by atoms with E-state index in [1.54, 1.807) is 12.1 Å². The van der Waals surface area contributed by atoms with Gasteiger partial charge in [0.25, 0.3) is 0 Å². The minimum absolute atomic E-state index is 0. The summed E-state index contributed by atoms with van der Waals surface area (Å²) in [6.45, 7) is -4.87. The molecule has 0 heterocycles. The van der Waals surface area contributed by atoms with Crippen LogP contribution in [0.4, 0.5) is 12.9 Å². The Morgan fingerprint density at radius 2 is 1.42 bits per heavy atom. The first-order valence-electron chi connectivity index (χ1n) is 5.52. The van der Waals surface area contributed by atoms with Gasteiger partial charge in [0.2, 0.25) is 0 Å². The van der Waals surface area contributed by atoms with E-state index in [4.69, 9.17) is 0 Å². The molecule has 0 radical (unpaired) electrons. The van der Waals surface area contributed by atoms with Gasteiger partial charge >= 0.3 is 162 Å². The number of hydrogen-bond donors (Lipinski definition) is 0. The summed E-state index contributed by atoms with van der Waals surface area (Å²) in [4.78, 5) is 0. The van der Waals surface area contributed by atoms with Crippen LogP contribution in [0, 0.1) is 0 Å². The average Bonchev–Trinajstić information content (AvgIpc) is 2.37. The van der Waals surface area contributed by atoms with E-state index >= 15 is 0 Å². The summed E-state index contributed by atoms with van der Waals surface area (Å²) in [5.74, 6) is 0. The Kier molecular flexibility index (Phi) is 7.40. The third kappa shape index (κ3) is 5.76. The van der Waals surface area contributed by atoms with Gasteiger partial charge in [-0.05, 0) is 0 Å². The molecule has 0 fully saturated rings. The zero-order valence-corrected chi connectivity index (χ0v) is 15.4. The molecule has 2 aromatic carbocycles. The molecule has 0 atom stereocenters. The molecule has 0 aliphatic heterocycles. The van der Waals surface area contributed by atoms with Crippen molar-refractivity contribution in [3.63, 3.8) is 0 Å². The molecule has 0 saturated carbocycles. The van der Waals surface area contributed by atoms with Crippen molar-refractivity contribution in [2.24, 2.45) is 0 Å². The van der Waals surface area contributed by atoms with Gasteiger partial charge in [-0.2, -0.15) is 0 Å². The van der Waals surface area contributed by atoms with Gasteiger partial charge in [-0.3, -0.25) is 0 Å². The van der Waals surface area contributed by atoms with Gasteiger partial charge < -0.3 is 0 Å². The van der Waals surface area contributed by atoms with Crippen LogP contribution in [0.25, 0.3) is 0 Å². The van der Waals surface area contributed by atoms with E-state index in [2.05, 4.69) is 0 Å². The van der Waals surface area contributed by atoms with Crippen molar-refractivity contribution in [3.05, 3.63) is 60.2 Å². The fraction of sp³-hybridized carbons (Fsp3) is 0.0769. The zero-order valence-electron chi connectivity index (χ0n) is 10.5. The van der Waals surface area contributed by atoms with Crippen molar-refractivity contribution in [3.8, 4) is 0 Å². The van der Waals surface area contributed by atoms with Crippen LogP contribution in [-0.4, -0.2) is 21.9 Å². The predicted molar refractivity (Wildman–Crippen MR) is 70.7 cm³/mol. The number of hydrogen-bond acceptors (Lipinski definition) is 0.